The molecule has 0 saturated heterocycles. The van der Waals surface area contributed by atoms with Crippen molar-refractivity contribution in [3.63, 3.8) is 0 Å². The molecule has 0 spiro atoms. The van der Waals surface area contributed by atoms with E-state index in [1.165, 1.54) is 13.8 Å². The minimum Gasteiger partial charge on any atom is -0.478 e. The Labute approximate surface area is 121 Å². The highest BCUT2D eigenvalue weighted by Crippen LogP contribution is 2.03. The van der Waals surface area contributed by atoms with Gasteiger partial charge in [-0.2, -0.15) is 0 Å². The maximum Gasteiger partial charge on any atom is 0.331 e. The molecule has 1 aromatic heterocycles. The molecular weight excluding hydrogens is 276 g/mol. The molecule has 0 aromatic carbocycles. The average molecular weight is 292 g/mol. The highest BCUT2D eigenvalue weighted by atomic mass is 16.4. The fourth-order valence-electron chi connectivity index (χ4n) is 1.35. The second-order valence-corrected chi connectivity index (χ2v) is 4.29. The maximum absolute atomic E-state index is 11.6. The minimum absolute atomic E-state index is 0.0319. The standard InChI is InChI=1S/C13H16N4O4/c1-7(8(2)12(19)20)11(18)17-13(21)15-6-10-4-5-14-9(3)16-10/h4-5H,6H2,1-3H3,(H,19,20)(H2,15,17,18,21). The van der Waals surface area contributed by atoms with Crippen molar-refractivity contribution in [3.05, 3.63) is 34.9 Å². The molecule has 112 valence electrons. The van der Waals surface area contributed by atoms with Crippen LogP contribution in [0.25, 0.3) is 0 Å². The Balaban J connectivity index is 2.56. The maximum atomic E-state index is 11.6. The molecule has 0 bridgehead atoms. The highest BCUT2D eigenvalue weighted by molar-refractivity contribution is 6.07. The van der Waals surface area contributed by atoms with Gasteiger partial charge < -0.3 is 10.4 Å². The van der Waals surface area contributed by atoms with Crippen molar-refractivity contribution in [2.75, 3.05) is 0 Å². The van der Waals surface area contributed by atoms with E-state index in [0.717, 1.165) is 0 Å². The van der Waals surface area contributed by atoms with Gasteiger partial charge in [-0.1, -0.05) is 0 Å². The summed E-state index contributed by atoms with van der Waals surface area (Å²) < 4.78 is 0. The molecule has 0 aliphatic heterocycles. The number of rotatable bonds is 4. The zero-order chi connectivity index (χ0) is 16.0. The van der Waals surface area contributed by atoms with Crippen molar-refractivity contribution in [1.82, 2.24) is 20.6 Å². The number of carbonyl (C=O) groups excluding carboxylic acids is 2. The number of amides is 3. The summed E-state index contributed by atoms with van der Waals surface area (Å²) in [6.45, 7) is 4.47. The first-order chi connectivity index (χ1) is 9.81. The van der Waals surface area contributed by atoms with Crippen molar-refractivity contribution in [3.8, 4) is 0 Å². The summed E-state index contributed by atoms with van der Waals surface area (Å²) in [5, 5.41) is 13.3. The molecule has 0 atom stereocenters. The second kappa shape index (κ2) is 7.13. The van der Waals surface area contributed by atoms with Gasteiger partial charge in [0.2, 0.25) is 0 Å². The summed E-state index contributed by atoms with van der Waals surface area (Å²) in [5.74, 6) is -1.40. The van der Waals surface area contributed by atoms with Gasteiger partial charge in [-0.05, 0) is 26.8 Å². The molecule has 3 N–H and O–H groups in total. The number of aromatic nitrogens is 2. The zero-order valence-electron chi connectivity index (χ0n) is 11.9. The first kappa shape index (κ1) is 16.3. The molecule has 0 unspecified atom stereocenters. The minimum atomic E-state index is -1.21. The fourth-order valence-corrected chi connectivity index (χ4v) is 1.35. The third kappa shape index (κ3) is 5.01. The van der Waals surface area contributed by atoms with Gasteiger partial charge in [0.25, 0.3) is 5.91 Å². The Morgan fingerprint density at radius 3 is 2.48 bits per heavy atom. The highest BCUT2D eigenvalue weighted by Gasteiger charge is 2.15. The third-order valence-electron chi connectivity index (χ3n) is 2.71. The van der Waals surface area contributed by atoms with Crippen molar-refractivity contribution in [2.45, 2.75) is 27.3 Å². The Morgan fingerprint density at radius 1 is 1.24 bits per heavy atom. The van der Waals surface area contributed by atoms with E-state index in [9.17, 15) is 14.4 Å². The van der Waals surface area contributed by atoms with Crippen LogP contribution in [-0.2, 0) is 16.1 Å². The number of imide groups is 1. The average Bonchev–Trinajstić information content (AvgIpc) is 2.43. The Bertz CT molecular complexity index is 610. The van der Waals surface area contributed by atoms with E-state index in [1.54, 1.807) is 19.2 Å². The predicted octanol–water partition coefficient (Wildman–Crippen LogP) is 0.532. The number of hydrogen-bond donors (Lipinski definition) is 3. The van der Waals surface area contributed by atoms with E-state index in [0.29, 0.717) is 11.5 Å². The van der Waals surface area contributed by atoms with Crippen LogP contribution in [0.4, 0.5) is 4.79 Å². The molecule has 0 fully saturated rings. The monoisotopic (exact) mass is 292 g/mol. The van der Waals surface area contributed by atoms with Crippen molar-refractivity contribution < 1.29 is 19.5 Å². The molecule has 0 aliphatic rings. The lowest BCUT2D eigenvalue weighted by molar-refractivity contribution is -0.133. The molecule has 8 nitrogen and oxygen atoms in total. The molecule has 8 heteroatoms. The van der Waals surface area contributed by atoms with Gasteiger partial charge in [0.05, 0.1) is 12.2 Å². The Hall–Kier alpha value is -2.77. The lowest BCUT2D eigenvalue weighted by atomic mass is 10.1. The van der Waals surface area contributed by atoms with Crippen LogP contribution < -0.4 is 10.6 Å². The normalized spacial score (nSPS) is 11.4. The third-order valence-corrected chi connectivity index (χ3v) is 2.71. The summed E-state index contributed by atoms with van der Waals surface area (Å²) in [6.07, 6.45) is 1.56. The van der Waals surface area contributed by atoms with Crippen LogP contribution in [0, 0.1) is 6.92 Å². The van der Waals surface area contributed by atoms with Crippen LogP contribution in [0.3, 0.4) is 0 Å². The van der Waals surface area contributed by atoms with Gasteiger partial charge in [0.1, 0.15) is 5.82 Å². The van der Waals surface area contributed by atoms with Crippen molar-refractivity contribution in [2.24, 2.45) is 0 Å². The number of nitrogens with zero attached hydrogens (tertiary/aromatic N) is 2. The van der Waals surface area contributed by atoms with Crippen LogP contribution in [0.15, 0.2) is 23.4 Å². The quantitative estimate of drug-likeness (QED) is 0.696. The molecule has 1 aromatic rings. The Kier molecular flexibility index (Phi) is 5.53. The van der Waals surface area contributed by atoms with E-state index in [-0.39, 0.29) is 17.7 Å². The molecule has 0 saturated carbocycles. The zero-order valence-corrected chi connectivity index (χ0v) is 11.9. The molecule has 3 amide bonds. The van der Waals surface area contributed by atoms with Gasteiger partial charge >= 0.3 is 12.0 Å². The van der Waals surface area contributed by atoms with E-state index in [1.807, 2.05) is 5.32 Å². The summed E-state index contributed by atoms with van der Waals surface area (Å²) in [6, 6.07) is 0.906. The van der Waals surface area contributed by atoms with Gasteiger partial charge in [0.15, 0.2) is 0 Å². The van der Waals surface area contributed by atoms with E-state index < -0.39 is 17.9 Å². The van der Waals surface area contributed by atoms with Crippen LogP contribution in [0.1, 0.15) is 25.4 Å². The van der Waals surface area contributed by atoms with Crippen LogP contribution in [0.5, 0.6) is 0 Å². The lowest BCUT2D eigenvalue weighted by Crippen LogP contribution is -2.40. The second-order valence-electron chi connectivity index (χ2n) is 4.29. The van der Waals surface area contributed by atoms with E-state index >= 15 is 0 Å². The largest absolute Gasteiger partial charge is 0.478 e. The Morgan fingerprint density at radius 2 is 1.90 bits per heavy atom. The van der Waals surface area contributed by atoms with Gasteiger partial charge in [0, 0.05) is 17.3 Å². The number of hydrogen-bond acceptors (Lipinski definition) is 5. The number of aliphatic carboxylic acids is 1. The van der Waals surface area contributed by atoms with Gasteiger partial charge in [-0.15, -0.1) is 0 Å². The summed E-state index contributed by atoms with van der Waals surface area (Å²) in [7, 11) is 0. The molecule has 21 heavy (non-hydrogen) atoms. The summed E-state index contributed by atoms with van der Waals surface area (Å²) in [4.78, 5) is 41.9. The number of carbonyl (C=O) groups is 3. The van der Waals surface area contributed by atoms with Gasteiger partial charge in [-0.3, -0.25) is 10.1 Å². The fraction of sp³-hybridized carbons (Fsp3) is 0.308. The molecule has 1 rings (SSSR count). The van der Waals surface area contributed by atoms with Crippen LogP contribution in [-0.4, -0.2) is 33.0 Å². The summed E-state index contributed by atoms with van der Waals surface area (Å²) >= 11 is 0. The number of carboxylic acids is 1. The summed E-state index contributed by atoms with van der Waals surface area (Å²) in [5.41, 5.74) is 0.446. The first-order valence-electron chi connectivity index (χ1n) is 6.09. The first-order valence-corrected chi connectivity index (χ1v) is 6.09. The number of carboxylic acid groups (broad SMARTS) is 1. The molecule has 1 heterocycles. The number of aryl methyl sites for hydroxylation is 1. The SMILES string of the molecule is CC(C(=O)O)=C(C)C(=O)NC(=O)NCc1ccnc(C)n1. The topological polar surface area (TPSA) is 121 Å². The number of urea groups is 1. The van der Waals surface area contributed by atoms with Crippen LogP contribution >= 0.6 is 0 Å². The van der Waals surface area contributed by atoms with Crippen molar-refractivity contribution >= 4 is 17.9 Å². The van der Waals surface area contributed by atoms with Crippen LogP contribution in [0.2, 0.25) is 0 Å². The molecular formula is C13H16N4O4. The number of nitrogens with one attached hydrogen (secondary N) is 2. The predicted molar refractivity (Wildman–Crippen MR) is 73.2 cm³/mol. The van der Waals surface area contributed by atoms with E-state index in [4.69, 9.17) is 5.11 Å². The lowest BCUT2D eigenvalue weighted by Gasteiger charge is -2.07. The molecule has 0 aliphatic carbocycles. The van der Waals surface area contributed by atoms with E-state index in [2.05, 4.69) is 15.3 Å². The smallest absolute Gasteiger partial charge is 0.331 e. The van der Waals surface area contributed by atoms with Gasteiger partial charge in [-0.25, -0.2) is 19.6 Å². The van der Waals surface area contributed by atoms with Crippen molar-refractivity contribution in [1.29, 1.82) is 0 Å². The molecule has 0 radical (unpaired) electrons.